The van der Waals surface area contributed by atoms with Gasteiger partial charge in [0.15, 0.2) is 0 Å². The lowest BCUT2D eigenvalue weighted by Gasteiger charge is -2.16. The number of rotatable bonds is 3. The third-order valence-corrected chi connectivity index (χ3v) is 3.86. The van der Waals surface area contributed by atoms with Crippen molar-refractivity contribution in [1.82, 2.24) is 19.7 Å². The van der Waals surface area contributed by atoms with Crippen LogP contribution in [0, 0.1) is 5.82 Å². The van der Waals surface area contributed by atoms with Crippen molar-refractivity contribution < 1.29 is 26.3 Å². The molecule has 1 unspecified atom stereocenters. The number of H-pyrrole nitrogens is 1. The standard InChI is InChI=1S/C15H10F6N4O/c1-6(8-3-2-7(4-10(8)16)15(19,20)21)25-13-9(5-22-14(26)23-13)11(24-25)12(17)18/h2-6,12H,1H3,(H,22,23,26). The van der Waals surface area contributed by atoms with Gasteiger partial charge in [0.25, 0.3) is 6.43 Å². The minimum atomic E-state index is -4.72. The molecule has 0 saturated carbocycles. The molecule has 0 aliphatic rings. The van der Waals surface area contributed by atoms with Crippen molar-refractivity contribution in [3.8, 4) is 0 Å². The van der Waals surface area contributed by atoms with Crippen molar-refractivity contribution in [2.24, 2.45) is 0 Å². The second-order valence-corrected chi connectivity index (χ2v) is 5.49. The lowest BCUT2D eigenvalue weighted by molar-refractivity contribution is -0.137. The Labute approximate surface area is 141 Å². The van der Waals surface area contributed by atoms with Crippen LogP contribution in [0.1, 0.15) is 36.2 Å². The van der Waals surface area contributed by atoms with Crippen LogP contribution in [0.4, 0.5) is 26.3 Å². The number of alkyl halides is 5. The summed E-state index contributed by atoms with van der Waals surface area (Å²) in [7, 11) is 0. The van der Waals surface area contributed by atoms with Crippen LogP contribution in [0.15, 0.2) is 29.2 Å². The smallest absolute Gasteiger partial charge is 0.290 e. The van der Waals surface area contributed by atoms with Crippen molar-refractivity contribution in [2.75, 3.05) is 0 Å². The average molecular weight is 376 g/mol. The van der Waals surface area contributed by atoms with Gasteiger partial charge < -0.3 is 0 Å². The number of benzene rings is 1. The number of aromatic amines is 1. The number of hydrogen-bond donors (Lipinski definition) is 1. The molecule has 0 bridgehead atoms. The number of fused-ring (bicyclic) bond motifs is 1. The highest BCUT2D eigenvalue weighted by atomic mass is 19.4. The Balaban J connectivity index is 2.15. The Morgan fingerprint density at radius 2 is 1.92 bits per heavy atom. The minimum Gasteiger partial charge on any atom is -0.290 e. The van der Waals surface area contributed by atoms with E-state index in [9.17, 15) is 31.1 Å². The molecule has 1 atom stereocenters. The first-order valence-electron chi connectivity index (χ1n) is 7.22. The predicted molar refractivity (Wildman–Crippen MR) is 78.3 cm³/mol. The number of nitrogens with zero attached hydrogens (tertiary/aromatic N) is 3. The molecule has 0 amide bonds. The van der Waals surface area contributed by atoms with Crippen LogP contribution in [0.25, 0.3) is 11.0 Å². The zero-order valence-electron chi connectivity index (χ0n) is 13.0. The van der Waals surface area contributed by atoms with Crippen molar-refractivity contribution in [3.05, 3.63) is 57.5 Å². The fraction of sp³-hybridized carbons (Fsp3) is 0.267. The summed E-state index contributed by atoms with van der Waals surface area (Å²) in [6.45, 7) is 1.35. The van der Waals surface area contributed by atoms with Crippen molar-refractivity contribution >= 4 is 11.0 Å². The molecule has 1 aromatic carbocycles. The Hall–Kier alpha value is -2.85. The quantitative estimate of drug-likeness (QED) is 0.707. The molecule has 2 heterocycles. The molecule has 0 aliphatic carbocycles. The van der Waals surface area contributed by atoms with Gasteiger partial charge in [-0.05, 0) is 19.1 Å². The van der Waals surface area contributed by atoms with E-state index in [1.807, 2.05) is 0 Å². The first-order chi connectivity index (χ1) is 12.1. The lowest BCUT2D eigenvalue weighted by Crippen LogP contribution is -2.15. The van der Waals surface area contributed by atoms with Crippen molar-refractivity contribution in [3.63, 3.8) is 0 Å². The lowest BCUT2D eigenvalue weighted by atomic mass is 10.0. The Bertz CT molecular complexity index is 1020. The molecule has 26 heavy (non-hydrogen) atoms. The van der Waals surface area contributed by atoms with Crippen LogP contribution >= 0.6 is 0 Å². The number of nitrogens with one attached hydrogen (secondary N) is 1. The Kier molecular flexibility index (Phi) is 4.24. The zero-order chi connectivity index (χ0) is 19.2. The van der Waals surface area contributed by atoms with Gasteiger partial charge in [0.05, 0.1) is 17.0 Å². The van der Waals surface area contributed by atoms with Gasteiger partial charge in [-0.15, -0.1) is 0 Å². The van der Waals surface area contributed by atoms with E-state index in [4.69, 9.17) is 0 Å². The van der Waals surface area contributed by atoms with Gasteiger partial charge in [-0.1, -0.05) is 6.07 Å². The molecule has 0 spiro atoms. The Morgan fingerprint density at radius 3 is 2.50 bits per heavy atom. The van der Waals surface area contributed by atoms with Crippen LogP contribution in [0.5, 0.6) is 0 Å². The molecule has 0 aliphatic heterocycles. The molecule has 3 rings (SSSR count). The summed E-state index contributed by atoms with van der Waals surface area (Å²) in [5.41, 5.74) is -3.03. The van der Waals surface area contributed by atoms with E-state index < -0.39 is 41.4 Å². The molecule has 1 N–H and O–H groups in total. The molecule has 5 nitrogen and oxygen atoms in total. The van der Waals surface area contributed by atoms with E-state index in [-0.39, 0.29) is 16.6 Å². The summed E-state index contributed by atoms with van der Waals surface area (Å²) in [4.78, 5) is 17.0. The molecule has 3 aromatic rings. The predicted octanol–water partition coefficient (Wildman–Crippen LogP) is 3.82. The highest BCUT2D eigenvalue weighted by molar-refractivity contribution is 5.77. The van der Waals surface area contributed by atoms with Gasteiger partial charge in [0.1, 0.15) is 17.2 Å². The highest BCUT2D eigenvalue weighted by Crippen LogP contribution is 2.33. The molecular weight excluding hydrogens is 366 g/mol. The maximum absolute atomic E-state index is 14.2. The number of hydrogen-bond acceptors (Lipinski definition) is 3. The molecule has 11 heteroatoms. The fourth-order valence-corrected chi connectivity index (χ4v) is 2.59. The zero-order valence-corrected chi connectivity index (χ0v) is 13.0. The van der Waals surface area contributed by atoms with E-state index in [1.54, 1.807) is 0 Å². The third-order valence-electron chi connectivity index (χ3n) is 3.86. The molecule has 0 fully saturated rings. The van der Waals surface area contributed by atoms with Gasteiger partial charge >= 0.3 is 11.9 Å². The van der Waals surface area contributed by atoms with Gasteiger partial charge in [-0.2, -0.15) is 18.3 Å². The van der Waals surface area contributed by atoms with E-state index in [0.717, 1.165) is 16.9 Å². The number of aromatic nitrogens is 4. The van der Waals surface area contributed by atoms with E-state index >= 15 is 0 Å². The minimum absolute atomic E-state index is 0.132. The summed E-state index contributed by atoms with van der Waals surface area (Å²) in [5.74, 6) is -1.18. The van der Waals surface area contributed by atoms with Crippen LogP contribution in [0.3, 0.4) is 0 Å². The first-order valence-corrected chi connectivity index (χ1v) is 7.22. The summed E-state index contributed by atoms with van der Waals surface area (Å²) in [5, 5.41) is 3.55. The van der Waals surface area contributed by atoms with Crippen molar-refractivity contribution in [2.45, 2.75) is 25.6 Å². The van der Waals surface area contributed by atoms with E-state index in [1.165, 1.54) is 6.92 Å². The van der Waals surface area contributed by atoms with Crippen LogP contribution in [-0.2, 0) is 6.18 Å². The summed E-state index contributed by atoms with van der Waals surface area (Å²) in [6, 6.07) is 0.831. The van der Waals surface area contributed by atoms with Gasteiger partial charge in [-0.25, -0.2) is 27.6 Å². The molecule has 138 valence electrons. The van der Waals surface area contributed by atoms with Gasteiger partial charge in [0.2, 0.25) is 0 Å². The van der Waals surface area contributed by atoms with Gasteiger partial charge in [0, 0.05) is 11.8 Å². The molecule has 0 radical (unpaired) electrons. The van der Waals surface area contributed by atoms with Crippen molar-refractivity contribution in [1.29, 1.82) is 0 Å². The highest BCUT2D eigenvalue weighted by Gasteiger charge is 2.32. The van der Waals surface area contributed by atoms with E-state index in [2.05, 4.69) is 15.1 Å². The summed E-state index contributed by atoms with van der Waals surface area (Å²) in [6.07, 6.45) is -6.80. The summed E-state index contributed by atoms with van der Waals surface area (Å²) < 4.78 is 79.4. The van der Waals surface area contributed by atoms with E-state index in [0.29, 0.717) is 12.1 Å². The SMILES string of the molecule is CC(c1ccc(C(F)(F)F)cc1F)n1nc(C(F)F)c2cnc(=O)[nH]c21. The fourth-order valence-electron chi connectivity index (χ4n) is 2.59. The molecule has 2 aromatic heterocycles. The van der Waals surface area contributed by atoms with Gasteiger partial charge in [-0.3, -0.25) is 4.98 Å². The normalized spacial score (nSPS) is 13.5. The third kappa shape index (κ3) is 3.04. The maximum atomic E-state index is 14.2. The second-order valence-electron chi connectivity index (χ2n) is 5.49. The summed E-state index contributed by atoms with van der Waals surface area (Å²) >= 11 is 0. The van der Waals surface area contributed by atoms with Crippen LogP contribution < -0.4 is 5.69 Å². The maximum Gasteiger partial charge on any atom is 0.416 e. The first kappa shape index (κ1) is 18.0. The average Bonchev–Trinajstić information content (AvgIpc) is 2.92. The largest absolute Gasteiger partial charge is 0.416 e. The monoisotopic (exact) mass is 376 g/mol. The second kappa shape index (κ2) is 6.15. The molecular formula is C15H10F6N4O. The Morgan fingerprint density at radius 1 is 1.23 bits per heavy atom. The number of halogens is 6. The van der Waals surface area contributed by atoms with Crippen LogP contribution in [0.2, 0.25) is 0 Å². The molecule has 0 saturated heterocycles. The van der Waals surface area contributed by atoms with Crippen LogP contribution in [-0.4, -0.2) is 19.7 Å². The topological polar surface area (TPSA) is 63.6 Å².